The van der Waals surface area contributed by atoms with Crippen LogP contribution in [0.25, 0.3) is 22.6 Å². The number of hydrogen-bond donors (Lipinski definition) is 1. The van der Waals surface area contributed by atoms with E-state index in [0.717, 1.165) is 22.6 Å². The van der Waals surface area contributed by atoms with Gasteiger partial charge in [0.25, 0.3) is 0 Å². The van der Waals surface area contributed by atoms with Crippen LogP contribution in [0.2, 0.25) is 0 Å². The number of imidazole rings is 1. The number of fused-ring (bicyclic) bond motifs is 1. The second kappa shape index (κ2) is 8.49. The molecule has 3 aromatic rings. The number of halogens is 2. The zero-order valence-electron chi connectivity index (χ0n) is 16.8. The van der Waals surface area contributed by atoms with Crippen molar-refractivity contribution in [2.45, 2.75) is 46.1 Å². The molecule has 0 radical (unpaired) electrons. The number of alkyl halides is 2. The quantitative estimate of drug-likeness (QED) is 0.683. The molecule has 0 amide bonds. The van der Waals surface area contributed by atoms with Gasteiger partial charge in [-0.05, 0) is 44.2 Å². The highest BCUT2D eigenvalue weighted by Crippen LogP contribution is 2.34. The summed E-state index contributed by atoms with van der Waals surface area (Å²) in [4.78, 5) is 9.19. The van der Waals surface area contributed by atoms with Gasteiger partial charge in [-0.15, -0.1) is 0 Å². The minimum atomic E-state index is -2.96. The molecule has 0 saturated carbocycles. The predicted molar refractivity (Wildman–Crippen MR) is 107 cm³/mol. The van der Waals surface area contributed by atoms with Crippen molar-refractivity contribution in [1.82, 2.24) is 14.5 Å². The van der Waals surface area contributed by atoms with Crippen molar-refractivity contribution in [3.63, 3.8) is 0 Å². The lowest BCUT2D eigenvalue weighted by atomic mass is 10.1. The summed E-state index contributed by atoms with van der Waals surface area (Å²) >= 11 is 0. The maximum Gasteiger partial charge on any atom is 0.387 e. The molecule has 1 aliphatic rings. The van der Waals surface area contributed by atoms with Crippen LogP contribution in [0.5, 0.6) is 5.75 Å². The van der Waals surface area contributed by atoms with E-state index in [-0.39, 0.29) is 17.4 Å². The van der Waals surface area contributed by atoms with Gasteiger partial charge in [-0.3, -0.25) is 4.98 Å². The number of aliphatic hydroxyl groups is 1. The van der Waals surface area contributed by atoms with Gasteiger partial charge in [0.05, 0.1) is 31.6 Å². The fourth-order valence-corrected chi connectivity index (χ4v) is 3.80. The first-order valence-electron chi connectivity index (χ1n) is 9.79. The van der Waals surface area contributed by atoms with Gasteiger partial charge in [0, 0.05) is 40.7 Å². The maximum atomic E-state index is 12.7. The molecule has 8 heteroatoms. The summed E-state index contributed by atoms with van der Waals surface area (Å²) in [5.74, 6) is 0.658. The van der Waals surface area contributed by atoms with Crippen LogP contribution in [0.3, 0.4) is 0 Å². The molecular formula is C22H23F2N3O3. The molecule has 0 saturated heterocycles. The highest BCUT2D eigenvalue weighted by Gasteiger charge is 2.24. The Labute approximate surface area is 173 Å². The summed E-state index contributed by atoms with van der Waals surface area (Å²) in [7, 11) is 0. The molecule has 30 heavy (non-hydrogen) atoms. The molecule has 1 aromatic carbocycles. The lowest BCUT2D eigenvalue weighted by Gasteiger charge is -2.14. The van der Waals surface area contributed by atoms with E-state index in [4.69, 9.17) is 9.72 Å². The number of ether oxygens (including phenoxy) is 2. The van der Waals surface area contributed by atoms with Crippen LogP contribution in [0, 0.1) is 6.92 Å². The Bertz CT molecular complexity index is 1050. The number of aryl methyl sites for hydroxylation is 1. The zero-order valence-corrected chi connectivity index (χ0v) is 16.8. The Morgan fingerprint density at radius 3 is 2.83 bits per heavy atom. The van der Waals surface area contributed by atoms with Gasteiger partial charge >= 0.3 is 6.61 Å². The van der Waals surface area contributed by atoms with Crippen LogP contribution in [0.1, 0.15) is 23.9 Å². The Kier molecular flexibility index (Phi) is 5.78. The van der Waals surface area contributed by atoms with Crippen molar-refractivity contribution in [3.8, 4) is 28.4 Å². The van der Waals surface area contributed by atoms with Crippen molar-refractivity contribution in [3.05, 3.63) is 53.5 Å². The van der Waals surface area contributed by atoms with Gasteiger partial charge in [0.2, 0.25) is 0 Å². The molecule has 1 aliphatic heterocycles. The second-order valence-corrected chi connectivity index (χ2v) is 7.32. The van der Waals surface area contributed by atoms with E-state index in [0.29, 0.717) is 31.0 Å². The van der Waals surface area contributed by atoms with E-state index in [1.54, 1.807) is 18.3 Å². The van der Waals surface area contributed by atoms with Crippen LogP contribution >= 0.6 is 0 Å². The standard InChI is InChI=1S/C22H23F2N3O3/c1-13-9-15(5-7-25-13)20-18-6-8-29-14(2)11-27(18)21(26-20)16-3-4-19(30-22(23)24)17(10-16)12-28/h3-5,7,9-10,14,22,28H,6,8,11-12H2,1-2H3/t14-/m1/s1. The van der Waals surface area contributed by atoms with Crippen LogP contribution in [0.15, 0.2) is 36.5 Å². The molecule has 4 rings (SSSR count). The third kappa shape index (κ3) is 4.06. The van der Waals surface area contributed by atoms with Gasteiger partial charge in [0.15, 0.2) is 0 Å². The first-order chi connectivity index (χ1) is 14.5. The van der Waals surface area contributed by atoms with E-state index in [1.165, 1.54) is 6.07 Å². The Morgan fingerprint density at radius 2 is 2.10 bits per heavy atom. The summed E-state index contributed by atoms with van der Waals surface area (Å²) in [5, 5.41) is 9.66. The third-order valence-electron chi connectivity index (χ3n) is 5.13. The smallest absolute Gasteiger partial charge is 0.387 e. The molecule has 3 heterocycles. The van der Waals surface area contributed by atoms with Crippen molar-refractivity contribution in [1.29, 1.82) is 0 Å². The van der Waals surface area contributed by atoms with Gasteiger partial charge < -0.3 is 19.1 Å². The molecule has 1 N–H and O–H groups in total. The Balaban J connectivity index is 1.86. The van der Waals surface area contributed by atoms with Crippen molar-refractivity contribution < 1.29 is 23.4 Å². The van der Waals surface area contributed by atoms with Gasteiger partial charge in [-0.25, -0.2) is 4.98 Å². The summed E-state index contributed by atoms with van der Waals surface area (Å²) in [6.45, 7) is 1.77. The van der Waals surface area contributed by atoms with E-state index >= 15 is 0 Å². The molecule has 0 unspecified atom stereocenters. The number of hydrogen-bond acceptors (Lipinski definition) is 5. The maximum absolute atomic E-state index is 12.7. The van der Waals surface area contributed by atoms with Crippen LogP contribution in [-0.2, 0) is 24.3 Å². The fraction of sp³-hybridized carbons (Fsp3) is 0.364. The third-order valence-corrected chi connectivity index (χ3v) is 5.13. The van der Waals surface area contributed by atoms with Crippen molar-refractivity contribution in [2.75, 3.05) is 6.61 Å². The van der Waals surface area contributed by atoms with Crippen LogP contribution in [-0.4, -0.2) is 39.0 Å². The fourth-order valence-electron chi connectivity index (χ4n) is 3.80. The molecule has 158 valence electrons. The number of rotatable bonds is 5. The summed E-state index contributed by atoms with van der Waals surface area (Å²) in [5.41, 5.74) is 4.76. The largest absolute Gasteiger partial charge is 0.434 e. The van der Waals surface area contributed by atoms with Crippen LogP contribution < -0.4 is 4.74 Å². The van der Waals surface area contributed by atoms with Crippen molar-refractivity contribution >= 4 is 0 Å². The normalized spacial score (nSPS) is 16.4. The number of nitrogens with zero attached hydrogens (tertiary/aromatic N) is 3. The van der Waals surface area contributed by atoms with Gasteiger partial charge in [-0.1, -0.05) is 0 Å². The molecular weight excluding hydrogens is 392 g/mol. The minimum absolute atomic E-state index is 0.00461. The van der Waals surface area contributed by atoms with Gasteiger partial charge in [0.1, 0.15) is 11.6 Å². The SMILES string of the molecule is Cc1cc(-c2nc(-c3ccc(OC(F)F)c(CO)c3)n3c2CCO[C@H](C)C3)ccn1. The minimum Gasteiger partial charge on any atom is -0.434 e. The number of benzene rings is 1. The first-order valence-corrected chi connectivity index (χ1v) is 9.79. The Hall–Kier alpha value is -2.84. The molecule has 0 fully saturated rings. The van der Waals surface area contributed by atoms with E-state index in [2.05, 4.69) is 14.3 Å². The van der Waals surface area contributed by atoms with E-state index < -0.39 is 13.2 Å². The highest BCUT2D eigenvalue weighted by atomic mass is 19.3. The molecule has 0 aliphatic carbocycles. The summed E-state index contributed by atoms with van der Waals surface area (Å²) in [6, 6.07) is 8.69. The first kappa shape index (κ1) is 20.4. The molecule has 2 aromatic heterocycles. The monoisotopic (exact) mass is 415 g/mol. The lowest BCUT2D eigenvalue weighted by Crippen LogP contribution is -2.15. The highest BCUT2D eigenvalue weighted by molar-refractivity contribution is 5.69. The summed E-state index contributed by atoms with van der Waals surface area (Å²) < 4.78 is 37.8. The average molecular weight is 415 g/mol. The molecule has 1 atom stereocenters. The topological polar surface area (TPSA) is 69.4 Å². The van der Waals surface area contributed by atoms with Gasteiger partial charge in [-0.2, -0.15) is 8.78 Å². The molecule has 0 spiro atoms. The Morgan fingerprint density at radius 1 is 1.27 bits per heavy atom. The van der Waals surface area contributed by atoms with Crippen molar-refractivity contribution in [2.24, 2.45) is 0 Å². The zero-order chi connectivity index (χ0) is 21.3. The predicted octanol–water partition coefficient (Wildman–Crippen LogP) is 3.98. The number of aliphatic hydroxyl groups excluding tert-OH is 1. The second-order valence-electron chi connectivity index (χ2n) is 7.32. The lowest BCUT2D eigenvalue weighted by molar-refractivity contribution is -0.0509. The number of aromatic nitrogens is 3. The van der Waals surface area contributed by atoms with E-state index in [1.807, 2.05) is 26.0 Å². The molecule has 6 nitrogen and oxygen atoms in total. The van der Waals surface area contributed by atoms with E-state index in [9.17, 15) is 13.9 Å². The summed E-state index contributed by atoms with van der Waals surface area (Å²) in [6.07, 6.45) is 2.46. The average Bonchev–Trinajstić information content (AvgIpc) is 2.94. The number of pyridine rings is 1. The van der Waals surface area contributed by atoms with Crippen LogP contribution in [0.4, 0.5) is 8.78 Å². The molecule has 0 bridgehead atoms.